The largest absolute Gasteiger partial charge is 0.490 e. The molecule has 34 heavy (non-hydrogen) atoms. The summed E-state index contributed by atoms with van der Waals surface area (Å²) in [6.45, 7) is 4.51. The van der Waals surface area contributed by atoms with E-state index in [2.05, 4.69) is 17.2 Å². The van der Waals surface area contributed by atoms with Crippen molar-refractivity contribution in [2.24, 2.45) is 4.99 Å². The Bertz CT molecular complexity index is 1240. The van der Waals surface area contributed by atoms with Gasteiger partial charge in [-0.05, 0) is 72.6 Å². The predicted octanol–water partition coefficient (Wildman–Crippen LogP) is 6.26. The maximum absolute atomic E-state index is 13.9. The number of aliphatic imine (C=N–C) groups is 1. The molecule has 0 radical (unpaired) electrons. The second kappa shape index (κ2) is 11.0. The van der Waals surface area contributed by atoms with E-state index in [4.69, 9.17) is 9.47 Å². The van der Waals surface area contributed by atoms with Gasteiger partial charge in [0.2, 0.25) is 0 Å². The van der Waals surface area contributed by atoms with E-state index in [1.807, 2.05) is 37.3 Å². The highest BCUT2D eigenvalue weighted by molar-refractivity contribution is 8.18. The zero-order valence-electron chi connectivity index (χ0n) is 19.0. The maximum atomic E-state index is 13.9. The number of rotatable bonds is 8. The lowest BCUT2D eigenvalue weighted by Gasteiger charge is -2.13. The molecule has 1 amide bonds. The number of nitrogens with one attached hydrogen (secondary N) is 1. The van der Waals surface area contributed by atoms with E-state index in [1.165, 1.54) is 23.4 Å². The first kappa shape index (κ1) is 23.6. The first-order chi connectivity index (χ1) is 16.6. The number of carbonyl (C=O) groups excluding carboxylic acids is 1. The molecule has 4 rings (SSSR count). The van der Waals surface area contributed by atoms with Crippen molar-refractivity contribution >= 4 is 34.6 Å². The van der Waals surface area contributed by atoms with Gasteiger partial charge in [0.25, 0.3) is 5.91 Å². The highest BCUT2D eigenvalue weighted by Gasteiger charge is 2.24. The highest BCUT2D eigenvalue weighted by atomic mass is 32.2. The lowest BCUT2D eigenvalue weighted by atomic mass is 10.1. The molecule has 1 aliphatic rings. The zero-order chi connectivity index (χ0) is 23.9. The standard InChI is InChI=1S/C27H25FN2O3S/c1-3-18-9-12-21(13-10-18)29-27-30-26(31)25(34-27)16-19-11-14-23(24(15-19)32-4-2)33-17-20-7-5-6-8-22(20)28/h5-16H,3-4,17H2,1-2H3,(H,29,30,31). The second-order valence-corrected chi connectivity index (χ2v) is 8.55. The van der Waals surface area contributed by atoms with Crippen molar-refractivity contribution in [1.29, 1.82) is 0 Å². The van der Waals surface area contributed by atoms with Crippen LogP contribution in [0.5, 0.6) is 11.5 Å². The third-order valence-corrected chi connectivity index (χ3v) is 6.04. The smallest absolute Gasteiger partial charge is 0.264 e. The van der Waals surface area contributed by atoms with E-state index in [9.17, 15) is 9.18 Å². The van der Waals surface area contributed by atoms with Gasteiger partial charge >= 0.3 is 0 Å². The van der Waals surface area contributed by atoms with Crippen LogP contribution >= 0.6 is 11.8 Å². The molecule has 1 heterocycles. The molecule has 174 valence electrons. The van der Waals surface area contributed by atoms with Gasteiger partial charge in [-0.2, -0.15) is 0 Å². The van der Waals surface area contributed by atoms with E-state index >= 15 is 0 Å². The number of amidine groups is 1. The fourth-order valence-electron chi connectivity index (χ4n) is 3.33. The summed E-state index contributed by atoms with van der Waals surface area (Å²) < 4.78 is 25.4. The molecular weight excluding hydrogens is 451 g/mol. The molecule has 0 saturated carbocycles. The van der Waals surface area contributed by atoms with Gasteiger partial charge in [0.05, 0.1) is 17.2 Å². The normalized spacial score (nSPS) is 15.6. The van der Waals surface area contributed by atoms with Gasteiger partial charge in [-0.25, -0.2) is 9.38 Å². The molecule has 0 atom stereocenters. The quantitative estimate of drug-likeness (QED) is 0.390. The summed E-state index contributed by atoms with van der Waals surface area (Å²) in [6, 6.07) is 19.8. The summed E-state index contributed by atoms with van der Waals surface area (Å²) in [5.74, 6) is 0.520. The Kier molecular flexibility index (Phi) is 7.65. The van der Waals surface area contributed by atoms with E-state index in [0.29, 0.717) is 33.7 Å². The summed E-state index contributed by atoms with van der Waals surface area (Å²) in [5.41, 5.74) is 3.27. The first-order valence-electron chi connectivity index (χ1n) is 11.1. The molecule has 0 unspecified atom stereocenters. The Balaban J connectivity index is 1.50. The van der Waals surface area contributed by atoms with Gasteiger partial charge in [0.1, 0.15) is 12.4 Å². The van der Waals surface area contributed by atoms with E-state index in [1.54, 1.807) is 36.4 Å². The summed E-state index contributed by atoms with van der Waals surface area (Å²) >= 11 is 1.29. The molecule has 5 nitrogen and oxygen atoms in total. The van der Waals surface area contributed by atoms with Crippen LogP contribution in [-0.4, -0.2) is 17.7 Å². The molecule has 7 heteroatoms. The summed E-state index contributed by atoms with van der Waals surface area (Å²) in [5, 5.41) is 3.35. The van der Waals surface area contributed by atoms with E-state index in [-0.39, 0.29) is 18.3 Å². The van der Waals surface area contributed by atoms with E-state index < -0.39 is 0 Å². The van der Waals surface area contributed by atoms with Crippen LogP contribution in [0.25, 0.3) is 6.08 Å². The molecular formula is C27H25FN2O3S. The van der Waals surface area contributed by atoms with Crippen molar-refractivity contribution in [2.75, 3.05) is 6.61 Å². The average Bonchev–Trinajstić information content (AvgIpc) is 3.18. The van der Waals surface area contributed by atoms with Crippen molar-refractivity contribution in [3.05, 3.63) is 94.1 Å². The number of aryl methyl sites for hydroxylation is 1. The van der Waals surface area contributed by atoms with Crippen LogP contribution in [-0.2, 0) is 17.8 Å². The molecule has 0 bridgehead atoms. The lowest BCUT2D eigenvalue weighted by Crippen LogP contribution is -2.19. The fourth-order valence-corrected chi connectivity index (χ4v) is 4.17. The molecule has 1 saturated heterocycles. The number of thioether (sulfide) groups is 1. The number of halogens is 1. The monoisotopic (exact) mass is 476 g/mol. The molecule has 1 aliphatic heterocycles. The number of benzene rings is 3. The predicted molar refractivity (Wildman–Crippen MR) is 135 cm³/mol. The van der Waals surface area contributed by atoms with Gasteiger partial charge in [0, 0.05) is 5.56 Å². The Morgan fingerprint density at radius 1 is 1.00 bits per heavy atom. The third kappa shape index (κ3) is 5.85. The van der Waals surface area contributed by atoms with Gasteiger partial charge in [0.15, 0.2) is 16.7 Å². The average molecular weight is 477 g/mol. The molecule has 0 aliphatic carbocycles. The van der Waals surface area contributed by atoms with Crippen LogP contribution in [0, 0.1) is 5.82 Å². The van der Waals surface area contributed by atoms with Crippen LogP contribution in [0.4, 0.5) is 10.1 Å². The third-order valence-electron chi connectivity index (χ3n) is 5.13. The maximum Gasteiger partial charge on any atom is 0.264 e. The van der Waals surface area contributed by atoms with Crippen LogP contribution < -0.4 is 14.8 Å². The number of carbonyl (C=O) groups is 1. The van der Waals surface area contributed by atoms with Gasteiger partial charge < -0.3 is 14.8 Å². The minimum Gasteiger partial charge on any atom is -0.490 e. The lowest BCUT2D eigenvalue weighted by molar-refractivity contribution is -0.115. The van der Waals surface area contributed by atoms with E-state index in [0.717, 1.165) is 17.7 Å². The first-order valence-corrected chi connectivity index (χ1v) is 11.9. The second-order valence-electron chi connectivity index (χ2n) is 7.52. The zero-order valence-corrected chi connectivity index (χ0v) is 19.8. The Labute approximate surface area is 202 Å². The summed E-state index contributed by atoms with van der Waals surface area (Å²) in [7, 11) is 0. The van der Waals surface area contributed by atoms with Crippen LogP contribution in [0.15, 0.2) is 76.6 Å². The van der Waals surface area contributed by atoms with Crippen LogP contribution in [0.2, 0.25) is 0 Å². The molecule has 1 N–H and O–H groups in total. The van der Waals surface area contributed by atoms with Crippen molar-refractivity contribution in [1.82, 2.24) is 5.32 Å². The molecule has 0 spiro atoms. The summed E-state index contributed by atoms with van der Waals surface area (Å²) in [4.78, 5) is 17.5. The SMILES string of the molecule is CCOc1cc(C=C2SC(=Nc3ccc(CC)cc3)NC2=O)ccc1OCc1ccccc1F. The Hall–Kier alpha value is -3.58. The number of ether oxygens (including phenoxy) is 2. The molecule has 3 aromatic rings. The topological polar surface area (TPSA) is 59.9 Å². The molecule has 3 aromatic carbocycles. The van der Waals surface area contributed by atoms with Gasteiger partial charge in [-0.15, -0.1) is 0 Å². The molecule has 0 aromatic heterocycles. The number of amides is 1. The van der Waals surface area contributed by atoms with Crippen molar-refractivity contribution in [3.63, 3.8) is 0 Å². The number of hydrogen-bond acceptors (Lipinski definition) is 5. The minimum absolute atomic E-state index is 0.0878. The van der Waals surface area contributed by atoms with Crippen molar-refractivity contribution in [2.45, 2.75) is 26.9 Å². The Morgan fingerprint density at radius 2 is 1.79 bits per heavy atom. The number of nitrogens with zero attached hydrogens (tertiary/aromatic N) is 1. The van der Waals surface area contributed by atoms with Gasteiger partial charge in [-0.1, -0.05) is 43.3 Å². The van der Waals surface area contributed by atoms with Gasteiger partial charge in [-0.3, -0.25) is 4.79 Å². The number of hydrogen-bond donors (Lipinski definition) is 1. The van der Waals surface area contributed by atoms with Crippen molar-refractivity contribution in [3.8, 4) is 11.5 Å². The van der Waals surface area contributed by atoms with Crippen molar-refractivity contribution < 1.29 is 18.7 Å². The molecule has 1 fully saturated rings. The summed E-state index contributed by atoms with van der Waals surface area (Å²) in [6.07, 6.45) is 2.75. The van der Waals surface area contributed by atoms with Crippen LogP contribution in [0.1, 0.15) is 30.5 Å². The minimum atomic E-state index is -0.315. The van der Waals surface area contributed by atoms with Crippen LogP contribution in [0.3, 0.4) is 0 Å². The Morgan fingerprint density at radius 3 is 2.53 bits per heavy atom. The highest BCUT2D eigenvalue weighted by Crippen LogP contribution is 2.33. The fraction of sp³-hybridized carbons (Fsp3) is 0.185.